The smallest absolute Gasteiger partial charge is 0.379 e. The van der Waals surface area contributed by atoms with E-state index in [1.807, 2.05) is 10.8 Å². The summed E-state index contributed by atoms with van der Waals surface area (Å²) < 4.78 is 47.9. The topological polar surface area (TPSA) is 61.1 Å². The quantitative estimate of drug-likeness (QED) is 0.510. The second-order valence-corrected chi connectivity index (χ2v) is 8.04. The van der Waals surface area contributed by atoms with Crippen LogP contribution < -0.4 is 5.32 Å². The van der Waals surface area contributed by atoms with E-state index in [0.717, 1.165) is 47.9 Å². The Hall–Kier alpha value is -3.33. The predicted molar refractivity (Wildman–Crippen MR) is 114 cm³/mol. The summed E-state index contributed by atoms with van der Waals surface area (Å²) in [6.07, 6.45) is -0.764. The van der Waals surface area contributed by atoms with Gasteiger partial charge in [-0.2, -0.15) is 18.3 Å². The van der Waals surface area contributed by atoms with Gasteiger partial charge in [0, 0.05) is 41.9 Å². The number of hydrogen-bond acceptors (Lipinski definition) is 3. The Kier molecular flexibility index (Phi) is 4.93. The van der Waals surface area contributed by atoms with Crippen LogP contribution in [0.2, 0.25) is 0 Å². The summed E-state index contributed by atoms with van der Waals surface area (Å²) in [5, 5.41) is 9.14. The summed E-state index contributed by atoms with van der Waals surface area (Å²) in [5.41, 5.74) is 1.74. The number of amides is 1. The highest BCUT2D eigenvalue weighted by Crippen LogP contribution is 2.34. The van der Waals surface area contributed by atoms with Gasteiger partial charge in [0.05, 0.1) is 23.7 Å². The molecule has 3 heterocycles. The third-order valence-electron chi connectivity index (χ3n) is 5.76. The molecule has 0 unspecified atom stereocenters. The number of benzene rings is 2. The number of hydrogen-bond donors (Lipinski definition) is 1. The van der Waals surface area contributed by atoms with E-state index in [9.17, 15) is 18.0 Å². The highest BCUT2D eigenvalue weighted by molar-refractivity contribution is 6.10. The van der Waals surface area contributed by atoms with E-state index in [-0.39, 0.29) is 11.9 Å². The van der Waals surface area contributed by atoms with E-state index in [1.54, 1.807) is 29.9 Å². The molecule has 1 atom stereocenters. The predicted octanol–water partition coefficient (Wildman–Crippen LogP) is 4.44. The van der Waals surface area contributed by atoms with Crippen molar-refractivity contribution in [2.24, 2.45) is 7.05 Å². The summed E-state index contributed by atoms with van der Waals surface area (Å²) in [6, 6.07) is 10.3. The molecule has 1 aliphatic heterocycles. The third kappa shape index (κ3) is 3.62. The normalized spacial score (nSPS) is 17.2. The van der Waals surface area contributed by atoms with Crippen LogP contribution in [0, 0.1) is 0 Å². The van der Waals surface area contributed by atoms with Gasteiger partial charge in [0.25, 0.3) is 5.91 Å². The van der Waals surface area contributed by atoms with Gasteiger partial charge in [0.1, 0.15) is 0 Å². The first-order chi connectivity index (χ1) is 15.3. The lowest BCUT2D eigenvalue weighted by Gasteiger charge is -2.23. The third-order valence-corrected chi connectivity index (χ3v) is 5.76. The molecule has 1 aliphatic rings. The standard InChI is InChI=1S/C23H21F3N4O2/c1-29-12-19-18-11-14(22(31)27-16-3-2-10-32-13-16)4-9-20(18)30(21(19)28-29)17-7-5-15(6-8-17)23(24,25)26/h4-9,11-12,16H,2-3,10,13H2,1H3,(H,27,31)/t16-/m0/s1. The van der Waals surface area contributed by atoms with E-state index < -0.39 is 11.7 Å². The van der Waals surface area contributed by atoms with Crippen LogP contribution in [0.3, 0.4) is 0 Å². The number of ether oxygens (including phenoxy) is 1. The lowest BCUT2D eigenvalue weighted by atomic mass is 10.1. The molecule has 0 radical (unpaired) electrons. The zero-order valence-corrected chi connectivity index (χ0v) is 17.3. The van der Waals surface area contributed by atoms with E-state index in [2.05, 4.69) is 10.4 Å². The molecule has 2 aromatic heterocycles. The molecule has 9 heteroatoms. The molecule has 5 rings (SSSR count). The molecular weight excluding hydrogens is 421 g/mol. The van der Waals surface area contributed by atoms with Crippen molar-refractivity contribution in [2.75, 3.05) is 13.2 Å². The van der Waals surface area contributed by atoms with Gasteiger partial charge in [-0.1, -0.05) is 0 Å². The number of alkyl halides is 3. The number of aryl methyl sites for hydroxylation is 1. The van der Waals surface area contributed by atoms with Crippen molar-refractivity contribution in [3.63, 3.8) is 0 Å². The number of nitrogens with zero attached hydrogens (tertiary/aromatic N) is 3. The molecule has 0 bridgehead atoms. The maximum Gasteiger partial charge on any atom is 0.416 e. The first-order valence-electron chi connectivity index (χ1n) is 10.4. The molecule has 1 amide bonds. The Morgan fingerprint density at radius 1 is 1.16 bits per heavy atom. The average Bonchev–Trinajstić information content (AvgIpc) is 3.28. The van der Waals surface area contributed by atoms with Gasteiger partial charge in [-0.3, -0.25) is 14.0 Å². The van der Waals surface area contributed by atoms with Gasteiger partial charge in [0.15, 0.2) is 5.65 Å². The molecule has 32 heavy (non-hydrogen) atoms. The van der Waals surface area contributed by atoms with Crippen molar-refractivity contribution in [1.29, 1.82) is 0 Å². The monoisotopic (exact) mass is 442 g/mol. The minimum Gasteiger partial charge on any atom is -0.379 e. The molecule has 166 valence electrons. The van der Waals surface area contributed by atoms with Crippen LogP contribution in [-0.4, -0.2) is 39.5 Å². The summed E-state index contributed by atoms with van der Waals surface area (Å²) in [6.45, 7) is 1.22. The van der Waals surface area contributed by atoms with Crippen molar-refractivity contribution in [2.45, 2.75) is 25.1 Å². The summed E-state index contributed by atoms with van der Waals surface area (Å²) in [5.74, 6) is -0.179. The number of carbonyl (C=O) groups is 1. The fourth-order valence-corrected chi connectivity index (χ4v) is 4.22. The molecule has 4 aromatic rings. The van der Waals surface area contributed by atoms with Crippen molar-refractivity contribution >= 4 is 27.8 Å². The zero-order valence-electron chi connectivity index (χ0n) is 17.3. The fraction of sp³-hybridized carbons (Fsp3) is 0.304. The molecule has 1 fully saturated rings. The lowest BCUT2D eigenvalue weighted by molar-refractivity contribution is -0.137. The summed E-state index contributed by atoms with van der Waals surface area (Å²) in [7, 11) is 1.78. The lowest BCUT2D eigenvalue weighted by Crippen LogP contribution is -2.40. The zero-order chi connectivity index (χ0) is 22.5. The molecule has 0 saturated carbocycles. The number of nitrogens with one attached hydrogen (secondary N) is 1. The molecule has 0 spiro atoms. The van der Waals surface area contributed by atoms with Gasteiger partial charge in [-0.05, 0) is 55.3 Å². The van der Waals surface area contributed by atoms with Crippen LogP contribution in [0.15, 0.2) is 48.7 Å². The van der Waals surface area contributed by atoms with E-state index in [1.165, 1.54) is 12.1 Å². The van der Waals surface area contributed by atoms with Crippen LogP contribution >= 0.6 is 0 Å². The van der Waals surface area contributed by atoms with Crippen LogP contribution in [0.4, 0.5) is 13.2 Å². The van der Waals surface area contributed by atoms with Crippen LogP contribution in [-0.2, 0) is 18.0 Å². The Bertz CT molecular complexity index is 1300. The Labute approximate surface area is 181 Å². The van der Waals surface area contributed by atoms with Crippen molar-refractivity contribution in [3.05, 3.63) is 59.8 Å². The maximum atomic E-state index is 13.0. The number of carbonyl (C=O) groups excluding carboxylic acids is 1. The van der Waals surface area contributed by atoms with Crippen LogP contribution in [0.1, 0.15) is 28.8 Å². The highest BCUT2D eigenvalue weighted by atomic mass is 19.4. The van der Waals surface area contributed by atoms with E-state index in [0.29, 0.717) is 23.5 Å². The number of aromatic nitrogens is 3. The Balaban J connectivity index is 1.57. The first kappa shape index (κ1) is 20.6. The van der Waals surface area contributed by atoms with Gasteiger partial charge in [-0.15, -0.1) is 0 Å². The number of fused-ring (bicyclic) bond motifs is 3. The first-order valence-corrected chi connectivity index (χ1v) is 10.4. The maximum absolute atomic E-state index is 13.0. The van der Waals surface area contributed by atoms with Crippen LogP contribution in [0.5, 0.6) is 0 Å². The summed E-state index contributed by atoms with van der Waals surface area (Å²) >= 11 is 0. The Morgan fingerprint density at radius 3 is 2.62 bits per heavy atom. The molecule has 2 aromatic carbocycles. The Morgan fingerprint density at radius 2 is 1.94 bits per heavy atom. The molecule has 0 aliphatic carbocycles. The largest absolute Gasteiger partial charge is 0.416 e. The number of halogens is 3. The molecule has 1 saturated heterocycles. The van der Waals surface area contributed by atoms with Crippen molar-refractivity contribution in [1.82, 2.24) is 19.7 Å². The van der Waals surface area contributed by atoms with Gasteiger partial charge in [-0.25, -0.2) is 0 Å². The number of rotatable bonds is 3. The second kappa shape index (κ2) is 7.67. The highest BCUT2D eigenvalue weighted by Gasteiger charge is 2.30. The van der Waals surface area contributed by atoms with Crippen molar-refractivity contribution in [3.8, 4) is 5.69 Å². The minimum atomic E-state index is -4.40. The molecule has 6 nitrogen and oxygen atoms in total. The molecular formula is C23H21F3N4O2. The molecule has 1 N–H and O–H groups in total. The van der Waals surface area contributed by atoms with Gasteiger partial charge >= 0.3 is 6.18 Å². The fourth-order valence-electron chi connectivity index (χ4n) is 4.22. The SMILES string of the molecule is Cn1cc2c3cc(C(=O)N[C@H]4CCCOC4)ccc3n(-c3ccc(C(F)(F)F)cc3)c2n1. The minimum absolute atomic E-state index is 0.0119. The average molecular weight is 442 g/mol. The van der Waals surface area contributed by atoms with Crippen molar-refractivity contribution < 1.29 is 22.7 Å². The van der Waals surface area contributed by atoms with Crippen LogP contribution in [0.25, 0.3) is 27.6 Å². The van der Waals surface area contributed by atoms with Gasteiger partial charge < -0.3 is 10.1 Å². The van der Waals surface area contributed by atoms with E-state index >= 15 is 0 Å². The second-order valence-electron chi connectivity index (χ2n) is 8.04. The summed E-state index contributed by atoms with van der Waals surface area (Å²) in [4.78, 5) is 12.8. The van der Waals surface area contributed by atoms with Gasteiger partial charge in [0.2, 0.25) is 0 Å². The van der Waals surface area contributed by atoms with E-state index in [4.69, 9.17) is 4.74 Å².